The van der Waals surface area contributed by atoms with E-state index in [0.717, 1.165) is 60.1 Å². The van der Waals surface area contributed by atoms with Gasteiger partial charge in [-0.25, -0.2) is 4.79 Å². The fourth-order valence-corrected chi connectivity index (χ4v) is 4.75. The Balaban J connectivity index is 1.46. The minimum Gasteiger partial charge on any atom is -0.423 e. The van der Waals surface area contributed by atoms with Gasteiger partial charge >= 0.3 is 5.63 Å². The molecule has 6 heteroatoms. The summed E-state index contributed by atoms with van der Waals surface area (Å²) in [5.41, 5.74) is 3.84. The van der Waals surface area contributed by atoms with Crippen molar-refractivity contribution < 1.29 is 4.42 Å². The second kappa shape index (κ2) is 7.76. The first-order valence-electron chi connectivity index (χ1n) is 9.21. The van der Waals surface area contributed by atoms with Crippen molar-refractivity contribution >= 4 is 33.9 Å². The molecule has 4 nitrogen and oxygen atoms in total. The van der Waals surface area contributed by atoms with Gasteiger partial charge in [-0.15, -0.1) is 11.3 Å². The predicted molar refractivity (Wildman–Crippen MR) is 112 cm³/mol. The zero-order valence-corrected chi connectivity index (χ0v) is 17.2. The Bertz CT molecular complexity index is 1020. The quantitative estimate of drug-likeness (QED) is 0.604. The van der Waals surface area contributed by atoms with Crippen molar-refractivity contribution in [3.8, 4) is 0 Å². The lowest BCUT2D eigenvalue weighted by atomic mass is 10.0. The highest BCUT2D eigenvalue weighted by atomic mass is 35.5. The predicted octanol–water partition coefficient (Wildman–Crippen LogP) is 4.44. The zero-order valence-electron chi connectivity index (χ0n) is 15.6. The van der Waals surface area contributed by atoms with Crippen LogP contribution >= 0.6 is 22.9 Å². The molecule has 1 fully saturated rings. The van der Waals surface area contributed by atoms with Crippen LogP contribution in [-0.2, 0) is 13.1 Å². The molecular formula is C21H23ClN2O2S. The van der Waals surface area contributed by atoms with Crippen molar-refractivity contribution in [2.45, 2.75) is 26.9 Å². The highest BCUT2D eigenvalue weighted by molar-refractivity contribution is 7.16. The zero-order chi connectivity index (χ0) is 19.0. The SMILES string of the molecule is Cc1cc2oc(=O)cc(CN3CCN(Cc4ccc(Cl)s4)CC3)c2cc1C. The Morgan fingerprint density at radius 1 is 1.00 bits per heavy atom. The molecule has 3 aromatic rings. The van der Waals surface area contributed by atoms with Crippen LogP contribution in [0, 0.1) is 13.8 Å². The maximum atomic E-state index is 12.0. The summed E-state index contributed by atoms with van der Waals surface area (Å²) in [6.45, 7) is 9.91. The lowest BCUT2D eigenvalue weighted by molar-refractivity contribution is 0.123. The van der Waals surface area contributed by atoms with E-state index in [1.807, 2.05) is 19.1 Å². The second-order valence-corrected chi connectivity index (χ2v) is 9.08. The van der Waals surface area contributed by atoms with Crippen molar-refractivity contribution in [3.63, 3.8) is 0 Å². The molecule has 27 heavy (non-hydrogen) atoms. The third-order valence-electron chi connectivity index (χ3n) is 5.31. The summed E-state index contributed by atoms with van der Waals surface area (Å²) >= 11 is 7.69. The van der Waals surface area contributed by atoms with Crippen molar-refractivity contribution in [3.05, 3.63) is 66.7 Å². The summed E-state index contributed by atoms with van der Waals surface area (Å²) in [7, 11) is 0. The standard InChI is InChI=1S/C21H23ClN2O2S/c1-14-9-18-16(11-21(25)26-19(18)10-15(14)2)12-23-5-7-24(8-6-23)13-17-3-4-20(22)27-17/h3-4,9-11H,5-8,12-13H2,1-2H3. The lowest BCUT2D eigenvalue weighted by Gasteiger charge is -2.34. The molecule has 2 aromatic heterocycles. The number of piperazine rings is 1. The summed E-state index contributed by atoms with van der Waals surface area (Å²) in [6, 6.07) is 9.84. The van der Waals surface area contributed by atoms with Crippen LogP contribution in [-0.4, -0.2) is 36.0 Å². The van der Waals surface area contributed by atoms with Crippen LogP contribution in [0.4, 0.5) is 0 Å². The van der Waals surface area contributed by atoms with Gasteiger partial charge in [0.15, 0.2) is 0 Å². The second-order valence-electron chi connectivity index (χ2n) is 7.28. The smallest absolute Gasteiger partial charge is 0.336 e. The first kappa shape index (κ1) is 18.7. The Hall–Kier alpha value is -1.66. The largest absolute Gasteiger partial charge is 0.423 e. The van der Waals surface area contributed by atoms with Gasteiger partial charge in [0.05, 0.1) is 4.34 Å². The normalized spacial score (nSPS) is 16.3. The number of halogens is 1. The van der Waals surface area contributed by atoms with E-state index in [-0.39, 0.29) is 5.63 Å². The number of thiophene rings is 1. The van der Waals surface area contributed by atoms with Crippen LogP contribution in [0.3, 0.4) is 0 Å². The third-order valence-corrected chi connectivity index (χ3v) is 6.53. The van der Waals surface area contributed by atoms with Gasteiger partial charge in [0.2, 0.25) is 0 Å². The molecule has 0 unspecified atom stereocenters. The summed E-state index contributed by atoms with van der Waals surface area (Å²) in [4.78, 5) is 18.2. The van der Waals surface area contributed by atoms with Crippen molar-refractivity contribution in [1.29, 1.82) is 0 Å². The number of hydrogen-bond donors (Lipinski definition) is 0. The third kappa shape index (κ3) is 4.27. The van der Waals surface area contributed by atoms with E-state index in [1.165, 1.54) is 10.4 Å². The molecule has 0 amide bonds. The van der Waals surface area contributed by atoms with Crippen molar-refractivity contribution in [1.82, 2.24) is 9.80 Å². The van der Waals surface area contributed by atoms with Crippen molar-refractivity contribution in [2.24, 2.45) is 0 Å². The van der Waals surface area contributed by atoms with Crippen LogP contribution in [0.5, 0.6) is 0 Å². The average molecular weight is 403 g/mol. The monoisotopic (exact) mass is 402 g/mol. The van der Waals surface area contributed by atoms with E-state index in [9.17, 15) is 4.79 Å². The summed E-state index contributed by atoms with van der Waals surface area (Å²) in [5, 5.41) is 1.05. The van der Waals surface area contributed by atoms with Gasteiger partial charge in [0.25, 0.3) is 0 Å². The topological polar surface area (TPSA) is 36.7 Å². The molecule has 0 saturated carbocycles. The van der Waals surface area contributed by atoms with Crippen LogP contribution < -0.4 is 5.63 Å². The molecule has 4 rings (SSSR count). The minimum absolute atomic E-state index is 0.269. The van der Waals surface area contributed by atoms with Gasteiger partial charge in [-0.3, -0.25) is 9.80 Å². The Morgan fingerprint density at radius 2 is 1.67 bits per heavy atom. The fourth-order valence-electron chi connectivity index (χ4n) is 3.62. The van der Waals surface area contributed by atoms with Gasteiger partial charge in [0.1, 0.15) is 5.58 Å². The molecule has 0 spiro atoms. The van der Waals surface area contributed by atoms with Crippen LogP contribution in [0.15, 0.2) is 39.5 Å². The van der Waals surface area contributed by atoms with E-state index in [0.29, 0.717) is 5.58 Å². The van der Waals surface area contributed by atoms with E-state index >= 15 is 0 Å². The first-order valence-corrected chi connectivity index (χ1v) is 10.4. The van der Waals surface area contributed by atoms with Crippen LogP contribution in [0.25, 0.3) is 11.0 Å². The Labute approximate surface area is 168 Å². The lowest BCUT2D eigenvalue weighted by Crippen LogP contribution is -2.45. The highest BCUT2D eigenvalue weighted by Crippen LogP contribution is 2.25. The molecule has 142 valence electrons. The minimum atomic E-state index is -0.269. The van der Waals surface area contributed by atoms with Gasteiger partial charge < -0.3 is 4.42 Å². The van der Waals surface area contributed by atoms with Crippen LogP contribution in [0.2, 0.25) is 4.34 Å². The maximum absolute atomic E-state index is 12.0. The van der Waals surface area contributed by atoms with E-state index in [4.69, 9.17) is 16.0 Å². The number of benzene rings is 1. The van der Waals surface area contributed by atoms with E-state index < -0.39 is 0 Å². The molecule has 0 radical (unpaired) electrons. The molecule has 0 aliphatic carbocycles. The molecule has 0 bridgehead atoms. The molecule has 3 heterocycles. The number of hydrogen-bond acceptors (Lipinski definition) is 5. The maximum Gasteiger partial charge on any atom is 0.336 e. The summed E-state index contributed by atoms with van der Waals surface area (Å²) in [6.07, 6.45) is 0. The molecule has 1 aliphatic rings. The Kier molecular flexibility index (Phi) is 5.37. The molecule has 0 atom stereocenters. The number of aryl methyl sites for hydroxylation is 2. The first-order chi connectivity index (χ1) is 13.0. The van der Waals surface area contributed by atoms with E-state index in [1.54, 1.807) is 17.4 Å². The number of fused-ring (bicyclic) bond motifs is 1. The fraction of sp³-hybridized carbons (Fsp3) is 0.381. The van der Waals surface area contributed by atoms with Crippen molar-refractivity contribution in [2.75, 3.05) is 26.2 Å². The summed E-state index contributed by atoms with van der Waals surface area (Å²) in [5.74, 6) is 0. The van der Waals surface area contributed by atoms with Gasteiger partial charge in [-0.05, 0) is 54.8 Å². The average Bonchev–Trinajstić information content (AvgIpc) is 3.03. The van der Waals surface area contributed by atoms with Crippen LogP contribution in [0.1, 0.15) is 21.6 Å². The molecule has 1 saturated heterocycles. The Morgan fingerprint density at radius 3 is 2.33 bits per heavy atom. The van der Waals surface area contributed by atoms with E-state index in [2.05, 4.69) is 28.9 Å². The van der Waals surface area contributed by atoms with Gasteiger partial charge in [-0.1, -0.05) is 11.6 Å². The number of rotatable bonds is 4. The number of nitrogens with zero attached hydrogens (tertiary/aromatic N) is 2. The highest BCUT2D eigenvalue weighted by Gasteiger charge is 2.19. The molecule has 1 aliphatic heterocycles. The molecule has 0 N–H and O–H groups in total. The molecule has 1 aromatic carbocycles. The summed E-state index contributed by atoms with van der Waals surface area (Å²) < 4.78 is 6.27. The van der Waals surface area contributed by atoms with Gasteiger partial charge in [-0.2, -0.15) is 0 Å². The molecular weight excluding hydrogens is 380 g/mol. The van der Waals surface area contributed by atoms with Gasteiger partial charge in [0, 0.05) is 55.6 Å².